The second-order valence-corrected chi connectivity index (χ2v) is 6.53. The molecule has 2 aromatic carbocycles. The van der Waals surface area contributed by atoms with Crippen LogP contribution < -0.4 is 4.90 Å². The molecular weight excluding hydrogens is 372 g/mol. The van der Waals surface area contributed by atoms with E-state index in [1.54, 1.807) is 45.7 Å². The molecule has 0 amide bonds. The van der Waals surface area contributed by atoms with Gasteiger partial charge in [-0.3, -0.25) is 19.3 Å². The van der Waals surface area contributed by atoms with Gasteiger partial charge in [0.15, 0.2) is 0 Å². The van der Waals surface area contributed by atoms with Crippen molar-refractivity contribution >= 4 is 23.2 Å². The fourth-order valence-corrected chi connectivity index (χ4v) is 2.94. The second kappa shape index (κ2) is 7.12. The van der Waals surface area contributed by atoms with Gasteiger partial charge < -0.3 is 4.90 Å². The second-order valence-electron chi connectivity index (χ2n) is 6.53. The summed E-state index contributed by atoms with van der Waals surface area (Å²) in [6, 6.07) is 14.7. The first-order chi connectivity index (χ1) is 14.0. The number of benzene rings is 2. The van der Waals surface area contributed by atoms with Gasteiger partial charge in [-0.2, -0.15) is 4.98 Å². The number of anilines is 1. The van der Waals surface area contributed by atoms with E-state index in [0.29, 0.717) is 34.2 Å². The highest BCUT2D eigenvalue weighted by molar-refractivity contribution is 6.11. The number of nitro benzene ring substituents is 1. The highest BCUT2D eigenvalue weighted by Gasteiger charge is 2.23. The van der Waals surface area contributed by atoms with E-state index in [2.05, 4.69) is 15.0 Å². The largest absolute Gasteiger partial charge is 0.347 e. The van der Waals surface area contributed by atoms with Crippen LogP contribution in [0.15, 0.2) is 60.9 Å². The molecule has 4 rings (SSSR count). The van der Waals surface area contributed by atoms with E-state index in [1.165, 1.54) is 18.5 Å². The highest BCUT2D eigenvalue weighted by Crippen LogP contribution is 2.28. The van der Waals surface area contributed by atoms with Gasteiger partial charge in [-0.25, -0.2) is 9.97 Å². The molecule has 0 atom stereocenters. The van der Waals surface area contributed by atoms with Crippen molar-refractivity contribution in [2.75, 3.05) is 19.0 Å². The molecule has 144 valence electrons. The maximum absolute atomic E-state index is 13.3. The molecule has 9 nitrogen and oxygen atoms in total. The van der Waals surface area contributed by atoms with Crippen molar-refractivity contribution < 1.29 is 9.72 Å². The normalized spacial score (nSPS) is 10.8. The summed E-state index contributed by atoms with van der Waals surface area (Å²) in [5, 5.41) is 11.0. The van der Waals surface area contributed by atoms with Gasteiger partial charge in [0.1, 0.15) is 17.7 Å². The van der Waals surface area contributed by atoms with Gasteiger partial charge in [-0.1, -0.05) is 30.3 Å². The zero-order chi connectivity index (χ0) is 20.5. The van der Waals surface area contributed by atoms with Gasteiger partial charge in [-0.15, -0.1) is 0 Å². The maximum atomic E-state index is 13.3. The topological polar surface area (TPSA) is 107 Å². The summed E-state index contributed by atoms with van der Waals surface area (Å²) < 4.78 is 1.54. The number of hydrogen-bond donors (Lipinski definition) is 0. The van der Waals surface area contributed by atoms with Gasteiger partial charge in [0.05, 0.1) is 4.92 Å². The average molecular weight is 388 g/mol. The lowest BCUT2D eigenvalue weighted by atomic mass is 10.0. The first kappa shape index (κ1) is 18.2. The van der Waals surface area contributed by atoms with E-state index < -0.39 is 4.92 Å². The van der Waals surface area contributed by atoms with Crippen molar-refractivity contribution in [3.05, 3.63) is 82.3 Å². The Bertz CT molecular complexity index is 1220. The standard InChI is InChI=1S/C20H16N6O3/c1-24(2)19-21-12-25-17(18(27)14-6-4-3-5-7-14)16(22-20(25)23-19)13-8-10-15(11-9-13)26(28)29/h3-12H,1-2H3. The number of non-ortho nitro benzene ring substituents is 1. The summed E-state index contributed by atoms with van der Waals surface area (Å²) in [6.45, 7) is 0. The molecule has 0 radical (unpaired) electrons. The third-order valence-electron chi connectivity index (χ3n) is 4.38. The summed E-state index contributed by atoms with van der Waals surface area (Å²) in [6.07, 6.45) is 1.51. The monoisotopic (exact) mass is 388 g/mol. The summed E-state index contributed by atoms with van der Waals surface area (Å²) >= 11 is 0. The van der Waals surface area contributed by atoms with Crippen LogP contribution in [0.2, 0.25) is 0 Å². The van der Waals surface area contributed by atoms with E-state index in [1.807, 2.05) is 20.2 Å². The Kier molecular flexibility index (Phi) is 4.47. The highest BCUT2D eigenvalue weighted by atomic mass is 16.6. The number of nitro groups is 1. The molecule has 4 aromatic rings. The molecule has 0 bridgehead atoms. The lowest BCUT2D eigenvalue weighted by Crippen LogP contribution is -2.14. The minimum Gasteiger partial charge on any atom is -0.347 e. The van der Waals surface area contributed by atoms with Crippen molar-refractivity contribution in [1.29, 1.82) is 0 Å². The molecule has 0 aliphatic carbocycles. The van der Waals surface area contributed by atoms with Crippen LogP contribution in [0.25, 0.3) is 17.0 Å². The summed E-state index contributed by atoms with van der Waals surface area (Å²) in [4.78, 5) is 38.7. The van der Waals surface area contributed by atoms with Crippen molar-refractivity contribution in [3.8, 4) is 11.3 Å². The van der Waals surface area contributed by atoms with Crippen LogP contribution in [-0.4, -0.2) is 44.2 Å². The minimum atomic E-state index is -0.474. The quantitative estimate of drug-likeness (QED) is 0.294. The number of nitrogens with zero attached hydrogens (tertiary/aromatic N) is 6. The van der Waals surface area contributed by atoms with Gasteiger partial charge in [0, 0.05) is 37.4 Å². The molecule has 2 aromatic heterocycles. The molecule has 0 saturated heterocycles. The van der Waals surface area contributed by atoms with Crippen LogP contribution in [0.4, 0.5) is 11.6 Å². The Hall–Kier alpha value is -4.14. The van der Waals surface area contributed by atoms with Gasteiger partial charge in [0.25, 0.3) is 5.69 Å². The van der Waals surface area contributed by atoms with Crippen molar-refractivity contribution in [1.82, 2.24) is 19.4 Å². The molecule has 0 fully saturated rings. The summed E-state index contributed by atoms with van der Waals surface area (Å²) in [5.74, 6) is 0.528. The summed E-state index contributed by atoms with van der Waals surface area (Å²) in [5.41, 5.74) is 1.72. The van der Waals surface area contributed by atoms with E-state index in [-0.39, 0.29) is 11.5 Å². The lowest BCUT2D eigenvalue weighted by Gasteiger charge is -2.09. The van der Waals surface area contributed by atoms with Crippen LogP contribution in [0.5, 0.6) is 0 Å². The van der Waals surface area contributed by atoms with Crippen molar-refractivity contribution in [2.24, 2.45) is 0 Å². The Labute approximate surface area is 165 Å². The van der Waals surface area contributed by atoms with E-state index in [9.17, 15) is 14.9 Å². The first-order valence-electron chi connectivity index (χ1n) is 8.72. The number of ketones is 1. The summed E-state index contributed by atoms with van der Waals surface area (Å²) in [7, 11) is 3.62. The smallest absolute Gasteiger partial charge is 0.269 e. The molecule has 0 unspecified atom stereocenters. The lowest BCUT2D eigenvalue weighted by molar-refractivity contribution is -0.384. The average Bonchev–Trinajstić information content (AvgIpc) is 3.12. The predicted octanol–water partition coefficient (Wildman–Crippen LogP) is 3.00. The van der Waals surface area contributed by atoms with E-state index in [0.717, 1.165) is 0 Å². The molecule has 0 aliphatic rings. The SMILES string of the molecule is CN(C)c1ncn2c(C(=O)c3ccccc3)c(-c3ccc([N+](=O)[O-])cc3)nc2n1. The van der Waals surface area contributed by atoms with Crippen LogP contribution >= 0.6 is 0 Å². The predicted molar refractivity (Wildman–Crippen MR) is 107 cm³/mol. The van der Waals surface area contributed by atoms with Crippen molar-refractivity contribution in [3.63, 3.8) is 0 Å². The Morgan fingerprint density at radius 1 is 1.03 bits per heavy atom. The number of rotatable bonds is 5. The number of aromatic nitrogens is 4. The van der Waals surface area contributed by atoms with Crippen LogP contribution in [0.1, 0.15) is 16.1 Å². The third kappa shape index (κ3) is 3.29. The molecule has 29 heavy (non-hydrogen) atoms. The number of fused-ring (bicyclic) bond motifs is 1. The zero-order valence-corrected chi connectivity index (χ0v) is 15.7. The van der Waals surface area contributed by atoms with Gasteiger partial charge >= 0.3 is 0 Å². The van der Waals surface area contributed by atoms with Crippen molar-refractivity contribution in [2.45, 2.75) is 0 Å². The van der Waals surface area contributed by atoms with Crippen LogP contribution in [0.3, 0.4) is 0 Å². The molecule has 0 aliphatic heterocycles. The maximum Gasteiger partial charge on any atom is 0.269 e. The Balaban J connectivity index is 1.94. The Morgan fingerprint density at radius 3 is 2.34 bits per heavy atom. The Morgan fingerprint density at radius 2 is 1.72 bits per heavy atom. The molecule has 2 heterocycles. The minimum absolute atomic E-state index is 0.0388. The number of carbonyl (C=O) groups is 1. The van der Waals surface area contributed by atoms with Crippen LogP contribution in [0, 0.1) is 10.1 Å². The number of carbonyl (C=O) groups excluding carboxylic acids is 1. The molecule has 0 saturated carbocycles. The zero-order valence-electron chi connectivity index (χ0n) is 15.7. The molecule has 0 spiro atoms. The first-order valence-corrected chi connectivity index (χ1v) is 8.72. The molecule has 0 N–H and O–H groups in total. The third-order valence-corrected chi connectivity index (χ3v) is 4.38. The van der Waals surface area contributed by atoms with E-state index >= 15 is 0 Å². The fraction of sp³-hybridized carbons (Fsp3) is 0.100. The fourth-order valence-electron chi connectivity index (χ4n) is 2.94. The molecule has 9 heteroatoms. The number of imidazole rings is 1. The van der Waals surface area contributed by atoms with E-state index in [4.69, 9.17) is 0 Å². The number of hydrogen-bond acceptors (Lipinski definition) is 7. The molecular formula is C20H16N6O3. The van der Waals surface area contributed by atoms with Gasteiger partial charge in [0.2, 0.25) is 17.5 Å². The van der Waals surface area contributed by atoms with Crippen LogP contribution in [-0.2, 0) is 0 Å². The van der Waals surface area contributed by atoms with Gasteiger partial charge in [-0.05, 0) is 12.1 Å².